The Kier molecular flexibility index (Phi) is 4.09. The molecule has 0 spiro atoms. The van der Waals surface area contributed by atoms with E-state index in [0.717, 1.165) is 32.5 Å². The topological polar surface area (TPSA) is 29.3 Å². The average molecular weight is 280 g/mol. The highest BCUT2D eigenvalue weighted by molar-refractivity contribution is 5.34. The third-order valence-corrected chi connectivity index (χ3v) is 4.58. The molecule has 2 N–H and O–H groups in total. The van der Waals surface area contributed by atoms with E-state index in [1.807, 2.05) is 0 Å². The van der Waals surface area contributed by atoms with Gasteiger partial charge in [0.05, 0.1) is 0 Å². The molecule has 0 aliphatic heterocycles. The van der Waals surface area contributed by atoms with Crippen LogP contribution in [0.5, 0.6) is 0 Å². The van der Waals surface area contributed by atoms with Crippen LogP contribution < -0.4 is 5.73 Å². The zero-order chi connectivity index (χ0) is 14.7. The molecule has 0 heterocycles. The Bertz CT molecular complexity index is 567. The van der Waals surface area contributed by atoms with Crippen molar-refractivity contribution < 1.29 is 0 Å². The summed E-state index contributed by atoms with van der Waals surface area (Å²) in [5, 5.41) is 0. The summed E-state index contributed by atoms with van der Waals surface area (Å²) >= 11 is 0. The summed E-state index contributed by atoms with van der Waals surface area (Å²) < 4.78 is 0. The summed E-state index contributed by atoms with van der Waals surface area (Å²) in [6.45, 7) is 2.78. The van der Waals surface area contributed by atoms with E-state index in [1.54, 1.807) is 0 Å². The molecule has 0 aromatic heterocycles. The lowest BCUT2D eigenvalue weighted by atomic mass is 9.84. The van der Waals surface area contributed by atoms with Crippen LogP contribution in [0.2, 0.25) is 0 Å². The molecule has 1 aliphatic rings. The van der Waals surface area contributed by atoms with Crippen LogP contribution >= 0.6 is 0 Å². The van der Waals surface area contributed by atoms with Gasteiger partial charge in [0.1, 0.15) is 0 Å². The molecule has 0 fully saturated rings. The van der Waals surface area contributed by atoms with Gasteiger partial charge in [-0.2, -0.15) is 0 Å². The molecular weight excluding hydrogens is 256 g/mol. The Morgan fingerprint density at radius 3 is 2.10 bits per heavy atom. The Morgan fingerprint density at radius 1 is 0.952 bits per heavy atom. The number of benzene rings is 2. The smallest absolute Gasteiger partial charge is 0.0230 e. The van der Waals surface area contributed by atoms with E-state index in [2.05, 4.69) is 66.5 Å². The summed E-state index contributed by atoms with van der Waals surface area (Å²) in [6, 6.07) is 19.4. The molecule has 3 rings (SSSR count). The van der Waals surface area contributed by atoms with Crippen molar-refractivity contribution in [2.24, 2.45) is 11.1 Å². The summed E-state index contributed by atoms with van der Waals surface area (Å²) in [5.41, 5.74) is 10.7. The normalized spacial score (nSPS) is 16.1. The Hall–Kier alpha value is -1.64. The fourth-order valence-corrected chi connectivity index (χ4v) is 3.62. The van der Waals surface area contributed by atoms with E-state index < -0.39 is 0 Å². The van der Waals surface area contributed by atoms with E-state index in [-0.39, 0.29) is 5.41 Å². The first-order valence-electron chi connectivity index (χ1n) is 7.70. The number of hydrogen-bond acceptors (Lipinski definition) is 2. The predicted octanol–water partition coefficient (Wildman–Crippen LogP) is 2.86. The summed E-state index contributed by atoms with van der Waals surface area (Å²) in [4.78, 5) is 2.41. The second kappa shape index (κ2) is 6.00. The first-order valence-corrected chi connectivity index (χ1v) is 7.70. The van der Waals surface area contributed by atoms with Crippen molar-refractivity contribution in [1.82, 2.24) is 4.90 Å². The SMILES string of the molecule is CN(Cc1ccccc1)CC1(CN)Cc2ccccc2C1. The molecule has 2 nitrogen and oxygen atoms in total. The Balaban J connectivity index is 1.68. The Labute approximate surface area is 127 Å². The minimum absolute atomic E-state index is 0.202. The maximum absolute atomic E-state index is 6.16. The number of fused-ring (bicyclic) bond motifs is 1. The minimum Gasteiger partial charge on any atom is -0.330 e. The van der Waals surface area contributed by atoms with Crippen LogP contribution in [0.4, 0.5) is 0 Å². The molecular formula is C19H24N2. The van der Waals surface area contributed by atoms with Crippen LogP contribution in [0.25, 0.3) is 0 Å². The van der Waals surface area contributed by atoms with Crippen molar-refractivity contribution in [2.45, 2.75) is 19.4 Å². The van der Waals surface area contributed by atoms with Gasteiger partial charge in [-0.25, -0.2) is 0 Å². The molecule has 0 bridgehead atoms. The van der Waals surface area contributed by atoms with E-state index in [4.69, 9.17) is 5.73 Å². The highest BCUT2D eigenvalue weighted by atomic mass is 15.1. The van der Waals surface area contributed by atoms with E-state index >= 15 is 0 Å². The largest absolute Gasteiger partial charge is 0.330 e. The van der Waals surface area contributed by atoms with Gasteiger partial charge in [0, 0.05) is 18.5 Å². The van der Waals surface area contributed by atoms with Crippen LogP contribution in [-0.2, 0) is 19.4 Å². The molecule has 0 unspecified atom stereocenters. The molecule has 2 heteroatoms. The second-order valence-electron chi connectivity index (χ2n) is 6.48. The van der Waals surface area contributed by atoms with Crippen LogP contribution in [0.1, 0.15) is 16.7 Å². The van der Waals surface area contributed by atoms with Crippen LogP contribution in [0, 0.1) is 5.41 Å². The highest BCUT2D eigenvalue weighted by Crippen LogP contribution is 2.36. The molecule has 1 aliphatic carbocycles. The molecule has 2 aromatic carbocycles. The van der Waals surface area contributed by atoms with Gasteiger partial charge in [-0.1, -0.05) is 54.6 Å². The third kappa shape index (κ3) is 3.17. The lowest BCUT2D eigenvalue weighted by Crippen LogP contribution is -2.41. The van der Waals surface area contributed by atoms with Gasteiger partial charge in [-0.15, -0.1) is 0 Å². The van der Waals surface area contributed by atoms with Crippen LogP contribution in [0.3, 0.4) is 0 Å². The van der Waals surface area contributed by atoms with Gasteiger partial charge in [0.25, 0.3) is 0 Å². The van der Waals surface area contributed by atoms with Gasteiger partial charge in [-0.05, 0) is 43.1 Å². The number of nitrogens with zero attached hydrogens (tertiary/aromatic N) is 1. The first kappa shape index (κ1) is 14.3. The average Bonchev–Trinajstić information content (AvgIpc) is 2.86. The van der Waals surface area contributed by atoms with E-state index in [9.17, 15) is 0 Å². The van der Waals surface area contributed by atoms with Gasteiger partial charge in [-0.3, -0.25) is 0 Å². The second-order valence-corrected chi connectivity index (χ2v) is 6.48. The number of rotatable bonds is 5. The fraction of sp³-hybridized carbons (Fsp3) is 0.368. The number of hydrogen-bond donors (Lipinski definition) is 1. The molecule has 0 amide bonds. The van der Waals surface area contributed by atoms with Crippen molar-refractivity contribution in [1.29, 1.82) is 0 Å². The lowest BCUT2D eigenvalue weighted by Gasteiger charge is -2.32. The van der Waals surface area contributed by atoms with Crippen LogP contribution in [-0.4, -0.2) is 25.0 Å². The van der Waals surface area contributed by atoms with Gasteiger partial charge >= 0.3 is 0 Å². The zero-order valence-corrected chi connectivity index (χ0v) is 12.8. The predicted molar refractivity (Wildman–Crippen MR) is 88.1 cm³/mol. The quantitative estimate of drug-likeness (QED) is 0.912. The van der Waals surface area contributed by atoms with Gasteiger partial charge < -0.3 is 10.6 Å². The number of nitrogens with two attached hydrogens (primary N) is 1. The molecule has 0 radical (unpaired) electrons. The van der Waals surface area contributed by atoms with Crippen molar-refractivity contribution in [3.8, 4) is 0 Å². The standard InChI is InChI=1S/C19H24N2/c1-21(13-16-7-3-2-4-8-16)15-19(14-20)11-17-9-5-6-10-18(17)12-19/h2-10H,11-15,20H2,1H3. The highest BCUT2D eigenvalue weighted by Gasteiger charge is 2.36. The van der Waals surface area contributed by atoms with E-state index in [1.165, 1.54) is 16.7 Å². The maximum atomic E-state index is 6.16. The van der Waals surface area contributed by atoms with Crippen LogP contribution in [0.15, 0.2) is 54.6 Å². The van der Waals surface area contributed by atoms with Crippen molar-refractivity contribution in [2.75, 3.05) is 20.1 Å². The lowest BCUT2D eigenvalue weighted by molar-refractivity contribution is 0.183. The Morgan fingerprint density at radius 2 is 1.52 bits per heavy atom. The van der Waals surface area contributed by atoms with Gasteiger partial charge in [0.2, 0.25) is 0 Å². The first-order chi connectivity index (χ1) is 10.2. The fourth-order valence-electron chi connectivity index (χ4n) is 3.62. The molecule has 110 valence electrons. The van der Waals surface area contributed by atoms with Crippen molar-refractivity contribution >= 4 is 0 Å². The van der Waals surface area contributed by atoms with Crippen molar-refractivity contribution in [3.05, 3.63) is 71.3 Å². The summed E-state index contributed by atoms with van der Waals surface area (Å²) in [5.74, 6) is 0. The zero-order valence-electron chi connectivity index (χ0n) is 12.8. The summed E-state index contributed by atoms with van der Waals surface area (Å²) in [7, 11) is 2.20. The van der Waals surface area contributed by atoms with Gasteiger partial charge in [0.15, 0.2) is 0 Å². The van der Waals surface area contributed by atoms with Crippen molar-refractivity contribution in [3.63, 3.8) is 0 Å². The maximum Gasteiger partial charge on any atom is 0.0230 e. The molecule has 0 atom stereocenters. The summed E-state index contributed by atoms with van der Waals surface area (Å²) in [6.07, 6.45) is 2.22. The molecule has 2 aromatic rings. The third-order valence-electron chi connectivity index (χ3n) is 4.58. The minimum atomic E-state index is 0.202. The molecule has 21 heavy (non-hydrogen) atoms. The van der Waals surface area contributed by atoms with E-state index in [0.29, 0.717) is 0 Å². The monoisotopic (exact) mass is 280 g/mol. The molecule has 0 saturated heterocycles. The molecule has 0 saturated carbocycles.